The van der Waals surface area contributed by atoms with Crippen molar-refractivity contribution in [2.24, 2.45) is 0 Å². The zero-order valence-corrected chi connectivity index (χ0v) is 12.2. The summed E-state index contributed by atoms with van der Waals surface area (Å²) < 4.78 is 10.4. The maximum absolute atomic E-state index is 12.2. The summed E-state index contributed by atoms with van der Waals surface area (Å²) in [5.41, 5.74) is 0.585. The highest BCUT2D eigenvalue weighted by Gasteiger charge is 2.20. The molecule has 1 saturated heterocycles. The van der Waals surface area contributed by atoms with E-state index in [-0.39, 0.29) is 11.9 Å². The summed E-state index contributed by atoms with van der Waals surface area (Å²) in [4.78, 5) is 12.2. The van der Waals surface area contributed by atoms with Crippen LogP contribution in [0.15, 0.2) is 18.2 Å². The van der Waals surface area contributed by atoms with Gasteiger partial charge in [-0.2, -0.15) is 0 Å². The Morgan fingerprint density at radius 3 is 2.60 bits per heavy atom. The molecule has 1 aromatic rings. The number of hydrogen-bond donors (Lipinski definition) is 2. The first kappa shape index (κ1) is 14.7. The van der Waals surface area contributed by atoms with Crippen LogP contribution in [0, 0.1) is 0 Å². The fourth-order valence-electron chi connectivity index (χ4n) is 2.37. The smallest absolute Gasteiger partial charge is 0.251 e. The van der Waals surface area contributed by atoms with E-state index in [9.17, 15) is 4.79 Å². The molecule has 110 valence electrons. The van der Waals surface area contributed by atoms with Crippen LogP contribution in [0.5, 0.6) is 11.5 Å². The molecule has 2 N–H and O–H groups in total. The minimum absolute atomic E-state index is 0.0766. The Balaban J connectivity index is 2.02. The molecule has 20 heavy (non-hydrogen) atoms. The Kier molecular flexibility index (Phi) is 4.84. The second kappa shape index (κ2) is 6.61. The van der Waals surface area contributed by atoms with E-state index >= 15 is 0 Å². The molecule has 5 nitrogen and oxygen atoms in total. The van der Waals surface area contributed by atoms with Gasteiger partial charge in [-0.15, -0.1) is 0 Å². The average Bonchev–Trinajstić information content (AvgIpc) is 2.48. The topological polar surface area (TPSA) is 59.6 Å². The third kappa shape index (κ3) is 3.42. The summed E-state index contributed by atoms with van der Waals surface area (Å²) in [7, 11) is 3.14. The maximum atomic E-state index is 12.2. The number of carbonyl (C=O) groups excluding carboxylic acids is 1. The van der Waals surface area contributed by atoms with Crippen molar-refractivity contribution in [1.82, 2.24) is 10.6 Å². The number of nitrogens with one attached hydrogen (secondary N) is 2. The lowest BCUT2D eigenvalue weighted by atomic mass is 10.0. The van der Waals surface area contributed by atoms with Crippen LogP contribution in [-0.2, 0) is 0 Å². The number of ether oxygens (including phenoxy) is 2. The van der Waals surface area contributed by atoms with Gasteiger partial charge in [0.05, 0.1) is 14.2 Å². The van der Waals surface area contributed by atoms with Crippen LogP contribution in [0.4, 0.5) is 0 Å². The summed E-state index contributed by atoms with van der Waals surface area (Å²) in [5.74, 6) is 1.11. The normalized spacial score (nSPS) is 22.1. The van der Waals surface area contributed by atoms with E-state index in [0.717, 1.165) is 19.4 Å². The number of rotatable bonds is 4. The molecule has 0 aromatic heterocycles. The van der Waals surface area contributed by atoms with Crippen molar-refractivity contribution in [2.45, 2.75) is 31.8 Å². The van der Waals surface area contributed by atoms with E-state index in [1.54, 1.807) is 32.4 Å². The third-order valence-corrected chi connectivity index (χ3v) is 3.64. The van der Waals surface area contributed by atoms with Gasteiger partial charge in [-0.25, -0.2) is 0 Å². The summed E-state index contributed by atoms with van der Waals surface area (Å²) in [6, 6.07) is 5.91. The first-order valence-corrected chi connectivity index (χ1v) is 6.90. The van der Waals surface area contributed by atoms with Gasteiger partial charge < -0.3 is 20.1 Å². The van der Waals surface area contributed by atoms with Gasteiger partial charge in [0.1, 0.15) is 0 Å². The van der Waals surface area contributed by atoms with Crippen LogP contribution in [0.2, 0.25) is 0 Å². The highest BCUT2D eigenvalue weighted by atomic mass is 16.5. The lowest BCUT2D eigenvalue weighted by Crippen LogP contribution is -2.48. The number of hydrogen-bond acceptors (Lipinski definition) is 4. The highest BCUT2D eigenvalue weighted by Crippen LogP contribution is 2.27. The first-order valence-electron chi connectivity index (χ1n) is 6.90. The van der Waals surface area contributed by atoms with E-state index in [1.165, 1.54) is 0 Å². The largest absolute Gasteiger partial charge is 0.493 e. The molecule has 0 radical (unpaired) electrons. The zero-order chi connectivity index (χ0) is 14.5. The fourth-order valence-corrected chi connectivity index (χ4v) is 2.37. The first-order chi connectivity index (χ1) is 9.63. The minimum Gasteiger partial charge on any atom is -0.493 e. The molecule has 0 saturated carbocycles. The Bertz CT molecular complexity index is 468. The van der Waals surface area contributed by atoms with Crippen molar-refractivity contribution in [3.05, 3.63) is 23.8 Å². The van der Waals surface area contributed by atoms with Gasteiger partial charge in [-0.3, -0.25) is 4.79 Å². The van der Waals surface area contributed by atoms with E-state index < -0.39 is 0 Å². The van der Waals surface area contributed by atoms with Gasteiger partial charge in [0.25, 0.3) is 5.91 Å². The number of benzene rings is 1. The molecule has 0 spiro atoms. The molecule has 2 atom stereocenters. The van der Waals surface area contributed by atoms with Crippen molar-refractivity contribution in [1.29, 1.82) is 0 Å². The zero-order valence-electron chi connectivity index (χ0n) is 12.2. The molecule has 1 aliphatic rings. The number of carbonyl (C=O) groups is 1. The monoisotopic (exact) mass is 278 g/mol. The van der Waals surface area contributed by atoms with Crippen molar-refractivity contribution < 1.29 is 14.3 Å². The highest BCUT2D eigenvalue weighted by molar-refractivity contribution is 5.95. The van der Waals surface area contributed by atoms with Gasteiger partial charge in [0.2, 0.25) is 0 Å². The van der Waals surface area contributed by atoms with E-state index in [2.05, 4.69) is 17.6 Å². The molecule has 1 amide bonds. The molecule has 5 heteroatoms. The minimum atomic E-state index is -0.0766. The Hall–Kier alpha value is -1.75. The van der Waals surface area contributed by atoms with Gasteiger partial charge in [-0.1, -0.05) is 0 Å². The molecule has 1 aliphatic heterocycles. The van der Waals surface area contributed by atoms with Crippen LogP contribution in [0.3, 0.4) is 0 Å². The molecule has 1 fully saturated rings. The van der Waals surface area contributed by atoms with E-state index in [0.29, 0.717) is 23.1 Å². The van der Waals surface area contributed by atoms with Crippen molar-refractivity contribution in [2.75, 3.05) is 20.8 Å². The van der Waals surface area contributed by atoms with Crippen LogP contribution < -0.4 is 20.1 Å². The molecular formula is C15H22N2O3. The Labute approximate surface area is 119 Å². The standard InChI is InChI=1S/C15H22N2O3/c1-10-4-6-12(9-16-10)17-15(18)11-5-7-13(19-2)14(8-11)20-3/h5,7-8,10,12,16H,4,6,9H2,1-3H3,(H,17,18). The fraction of sp³-hybridized carbons (Fsp3) is 0.533. The molecule has 2 rings (SSSR count). The van der Waals surface area contributed by atoms with E-state index in [4.69, 9.17) is 9.47 Å². The summed E-state index contributed by atoms with van der Waals surface area (Å²) >= 11 is 0. The molecule has 0 bridgehead atoms. The second-order valence-electron chi connectivity index (χ2n) is 5.13. The third-order valence-electron chi connectivity index (χ3n) is 3.64. The lowest BCUT2D eigenvalue weighted by Gasteiger charge is -2.28. The van der Waals surface area contributed by atoms with Gasteiger partial charge in [0.15, 0.2) is 11.5 Å². The molecule has 0 aliphatic carbocycles. The van der Waals surface area contributed by atoms with Crippen molar-refractivity contribution in [3.63, 3.8) is 0 Å². The Morgan fingerprint density at radius 1 is 1.25 bits per heavy atom. The predicted octanol–water partition coefficient (Wildman–Crippen LogP) is 1.57. The average molecular weight is 278 g/mol. The molecule has 1 heterocycles. The van der Waals surface area contributed by atoms with Crippen LogP contribution in [0.1, 0.15) is 30.1 Å². The van der Waals surface area contributed by atoms with Gasteiger partial charge in [0, 0.05) is 24.2 Å². The van der Waals surface area contributed by atoms with Gasteiger partial charge in [-0.05, 0) is 38.0 Å². The number of amides is 1. The summed E-state index contributed by atoms with van der Waals surface area (Å²) in [6.45, 7) is 2.98. The van der Waals surface area contributed by atoms with E-state index in [1.807, 2.05) is 0 Å². The Morgan fingerprint density at radius 2 is 2.00 bits per heavy atom. The van der Waals surface area contributed by atoms with Gasteiger partial charge >= 0.3 is 0 Å². The summed E-state index contributed by atoms with van der Waals surface area (Å²) in [5, 5.41) is 6.42. The van der Waals surface area contributed by atoms with Crippen LogP contribution in [-0.4, -0.2) is 38.8 Å². The van der Waals surface area contributed by atoms with Crippen molar-refractivity contribution in [3.8, 4) is 11.5 Å². The van der Waals surface area contributed by atoms with Crippen LogP contribution >= 0.6 is 0 Å². The maximum Gasteiger partial charge on any atom is 0.251 e. The summed E-state index contributed by atoms with van der Waals surface area (Å²) in [6.07, 6.45) is 2.09. The lowest BCUT2D eigenvalue weighted by molar-refractivity contribution is 0.0927. The molecule has 2 unspecified atom stereocenters. The molecule has 1 aromatic carbocycles. The quantitative estimate of drug-likeness (QED) is 0.878. The van der Waals surface area contributed by atoms with Crippen LogP contribution in [0.25, 0.3) is 0 Å². The second-order valence-corrected chi connectivity index (χ2v) is 5.13. The number of methoxy groups -OCH3 is 2. The van der Waals surface area contributed by atoms with Crippen molar-refractivity contribution >= 4 is 5.91 Å². The molecular weight excluding hydrogens is 256 g/mol. The predicted molar refractivity (Wildman–Crippen MR) is 77.5 cm³/mol. The number of piperidine rings is 1. The SMILES string of the molecule is COc1ccc(C(=O)NC2CCC(C)NC2)cc1OC.